The van der Waals surface area contributed by atoms with Crippen LogP contribution in [0.2, 0.25) is 0 Å². The van der Waals surface area contributed by atoms with Crippen molar-refractivity contribution >= 4 is 11.7 Å². The first-order valence-electron chi connectivity index (χ1n) is 9.61. The quantitative estimate of drug-likeness (QED) is 0.547. The van der Waals surface area contributed by atoms with Crippen molar-refractivity contribution in [1.82, 2.24) is 25.0 Å². The first-order valence-corrected chi connectivity index (χ1v) is 9.61. The number of aromatic nitrogens is 5. The van der Waals surface area contributed by atoms with Crippen molar-refractivity contribution in [1.29, 1.82) is 0 Å². The number of carbonyl (C=O) groups excluding carboxylic acids is 1. The Hall–Kier alpha value is -4.01. The number of hydrogen-bond donors (Lipinski definition) is 1. The van der Waals surface area contributed by atoms with Gasteiger partial charge in [0.05, 0.1) is 17.6 Å². The summed E-state index contributed by atoms with van der Waals surface area (Å²) in [5.41, 5.74) is 2.90. The van der Waals surface area contributed by atoms with Gasteiger partial charge in [-0.15, -0.1) is 5.10 Å². The fourth-order valence-corrected chi connectivity index (χ4v) is 3.87. The highest BCUT2D eigenvalue weighted by Gasteiger charge is 2.34. The summed E-state index contributed by atoms with van der Waals surface area (Å²) in [6.07, 6.45) is 1.56. The Morgan fingerprint density at radius 2 is 1.94 bits per heavy atom. The molecule has 0 unspecified atom stereocenters. The summed E-state index contributed by atoms with van der Waals surface area (Å²) < 4.78 is 29.3. The molecule has 1 atom stereocenters. The van der Waals surface area contributed by atoms with Gasteiger partial charge in [-0.05, 0) is 18.6 Å². The van der Waals surface area contributed by atoms with Crippen LogP contribution in [-0.4, -0.2) is 30.9 Å². The largest absolute Gasteiger partial charge is 0.310 e. The molecule has 0 radical (unpaired) electrons. The number of hydrogen-bond acceptors (Lipinski definition) is 5. The average molecular weight is 418 g/mol. The van der Waals surface area contributed by atoms with E-state index in [1.807, 2.05) is 30.3 Å². The number of amides is 1. The van der Waals surface area contributed by atoms with Crippen LogP contribution in [-0.2, 0) is 4.79 Å². The second-order valence-electron chi connectivity index (χ2n) is 7.24. The van der Waals surface area contributed by atoms with E-state index in [0.717, 1.165) is 11.6 Å². The van der Waals surface area contributed by atoms with Gasteiger partial charge in [0.25, 0.3) is 5.95 Å². The molecule has 0 saturated heterocycles. The van der Waals surface area contributed by atoms with Gasteiger partial charge >= 0.3 is 0 Å². The van der Waals surface area contributed by atoms with Crippen LogP contribution >= 0.6 is 0 Å². The monoisotopic (exact) mass is 418 g/mol. The zero-order valence-corrected chi connectivity index (χ0v) is 16.4. The second-order valence-corrected chi connectivity index (χ2v) is 7.24. The van der Waals surface area contributed by atoms with Crippen molar-refractivity contribution in [2.24, 2.45) is 0 Å². The summed E-state index contributed by atoms with van der Waals surface area (Å²) >= 11 is 0. The number of aryl methyl sites for hydroxylation is 1. The lowest BCUT2D eigenvalue weighted by atomic mass is 9.85. The molecular formula is C22H16F2N6O. The molecule has 2 aromatic carbocycles. The van der Waals surface area contributed by atoms with Gasteiger partial charge in [0.1, 0.15) is 17.5 Å². The standard InChI is InChI=1S/C22H16F2N6O/c1-12-20-16(15-8-7-14(23)9-17(15)24)10-19(31)27-21(20)30(29-12)22-26-18(11-25-28-22)13-5-3-2-4-6-13/h2-9,11,16H,10H2,1H3,(H,27,31)/t16-/m1/s1. The van der Waals surface area contributed by atoms with E-state index in [9.17, 15) is 13.6 Å². The zero-order valence-electron chi connectivity index (χ0n) is 16.4. The van der Waals surface area contributed by atoms with Crippen molar-refractivity contribution in [3.05, 3.63) is 83.2 Å². The lowest BCUT2D eigenvalue weighted by molar-refractivity contribution is -0.116. The van der Waals surface area contributed by atoms with Crippen LogP contribution in [0.4, 0.5) is 14.6 Å². The molecule has 4 aromatic rings. The Balaban J connectivity index is 1.64. The summed E-state index contributed by atoms with van der Waals surface area (Å²) in [5, 5.41) is 15.4. The number of carbonyl (C=O) groups is 1. The van der Waals surface area contributed by atoms with Gasteiger partial charge in [-0.1, -0.05) is 36.4 Å². The van der Waals surface area contributed by atoms with Gasteiger partial charge in [0, 0.05) is 29.5 Å². The Morgan fingerprint density at radius 1 is 1.13 bits per heavy atom. The molecule has 1 aliphatic rings. The molecule has 0 aliphatic carbocycles. The van der Waals surface area contributed by atoms with E-state index in [-0.39, 0.29) is 23.8 Å². The molecule has 3 heterocycles. The van der Waals surface area contributed by atoms with E-state index in [0.29, 0.717) is 22.8 Å². The van der Waals surface area contributed by atoms with Gasteiger partial charge < -0.3 is 5.32 Å². The molecule has 2 aromatic heterocycles. The second kappa shape index (κ2) is 7.35. The lowest BCUT2D eigenvalue weighted by Crippen LogP contribution is -2.25. The lowest BCUT2D eigenvalue weighted by Gasteiger charge is -2.24. The smallest absolute Gasteiger partial charge is 0.272 e. The third-order valence-electron chi connectivity index (χ3n) is 5.25. The van der Waals surface area contributed by atoms with E-state index < -0.39 is 17.6 Å². The van der Waals surface area contributed by atoms with Crippen molar-refractivity contribution in [2.45, 2.75) is 19.3 Å². The third kappa shape index (κ3) is 3.33. The number of nitrogens with zero attached hydrogens (tertiary/aromatic N) is 5. The summed E-state index contributed by atoms with van der Waals surface area (Å²) in [5.74, 6) is -1.77. The predicted octanol–water partition coefficient (Wildman–Crippen LogP) is 3.79. The van der Waals surface area contributed by atoms with Crippen LogP contribution in [0, 0.1) is 18.6 Å². The van der Waals surface area contributed by atoms with Gasteiger partial charge in [0.15, 0.2) is 0 Å². The van der Waals surface area contributed by atoms with Crippen LogP contribution in [0.15, 0.2) is 54.7 Å². The summed E-state index contributed by atoms with van der Waals surface area (Å²) in [4.78, 5) is 17.0. The van der Waals surface area contributed by atoms with Crippen LogP contribution in [0.3, 0.4) is 0 Å². The zero-order chi connectivity index (χ0) is 21.5. The van der Waals surface area contributed by atoms with E-state index in [1.165, 1.54) is 23.0 Å². The molecule has 0 spiro atoms. The normalized spacial score (nSPS) is 15.5. The summed E-state index contributed by atoms with van der Waals surface area (Å²) in [6.45, 7) is 1.76. The Labute approximate surface area is 175 Å². The highest BCUT2D eigenvalue weighted by atomic mass is 19.1. The highest BCUT2D eigenvalue weighted by Crippen LogP contribution is 2.40. The van der Waals surface area contributed by atoms with E-state index >= 15 is 0 Å². The Kier molecular flexibility index (Phi) is 4.50. The van der Waals surface area contributed by atoms with Crippen molar-refractivity contribution in [3.8, 4) is 17.2 Å². The van der Waals surface area contributed by atoms with E-state index in [2.05, 4.69) is 25.6 Å². The molecule has 1 N–H and O–H groups in total. The molecule has 154 valence electrons. The topological polar surface area (TPSA) is 85.6 Å². The van der Waals surface area contributed by atoms with Crippen molar-refractivity contribution < 1.29 is 13.6 Å². The maximum atomic E-state index is 14.5. The van der Waals surface area contributed by atoms with E-state index in [4.69, 9.17) is 0 Å². The number of fused-ring (bicyclic) bond motifs is 1. The minimum Gasteiger partial charge on any atom is -0.310 e. The number of anilines is 1. The molecular weight excluding hydrogens is 402 g/mol. The molecule has 0 bridgehead atoms. The minimum atomic E-state index is -0.707. The van der Waals surface area contributed by atoms with Crippen molar-refractivity contribution in [2.75, 3.05) is 5.32 Å². The number of rotatable bonds is 3. The number of benzene rings is 2. The average Bonchev–Trinajstić information content (AvgIpc) is 3.10. The fourth-order valence-electron chi connectivity index (χ4n) is 3.87. The van der Waals surface area contributed by atoms with Gasteiger partial charge in [-0.2, -0.15) is 14.9 Å². The molecule has 9 heteroatoms. The molecule has 0 fully saturated rings. The van der Waals surface area contributed by atoms with Gasteiger partial charge in [-0.25, -0.2) is 13.8 Å². The fraction of sp³-hybridized carbons (Fsp3) is 0.136. The van der Waals surface area contributed by atoms with Crippen LogP contribution in [0.1, 0.15) is 29.2 Å². The van der Waals surface area contributed by atoms with Crippen LogP contribution in [0.25, 0.3) is 17.2 Å². The molecule has 7 nitrogen and oxygen atoms in total. The predicted molar refractivity (Wildman–Crippen MR) is 109 cm³/mol. The third-order valence-corrected chi connectivity index (χ3v) is 5.25. The van der Waals surface area contributed by atoms with Gasteiger partial charge in [0.2, 0.25) is 5.91 Å². The maximum absolute atomic E-state index is 14.5. The van der Waals surface area contributed by atoms with Gasteiger partial charge in [-0.3, -0.25) is 4.79 Å². The maximum Gasteiger partial charge on any atom is 0.272 e. The first kappa shape index (κ1) is 19.0. The van der Waals surface area contributed by atoms with E-state index in [1.54, 1.807) is 6.92 Å². The first-order chi connectivity index (χ1) is 15.0. The highest BCUT2D eigenvalue weighted by molar-refractivity contribution is 5.95. The van der Waals surface area contributed by atoms with Crippen LogP contribution in [0.5, 0.6) is 0 Å². The Morgan fingerprint density at radius 3 is 2.71 bits per heavy atom. The summed E-state index contributed by atoms with van der Waals surface area (Å²) in [7, 11) is 0. The Bertz CT molecular complexity index is 1300. The number of halogens is 2. The SMILES string of the molecule is Cc1nn(-c2nncc(-c3ccccc3)n2)c2c1[C@@H](c1ccc(F)cc1F)CC(=O)N2. The molecule has 1 amide bonds. The molecule has 31 heavy (non-hydrogen) atoms. The van der Waals surface area contributed by atoms with Crippen LogP contribution < -0.4 is 5.32 Å². The molecule has 0 saturated carbocycles. The molecule has 1 aliphatic heterocycles. The number of nitrogens with one attached hydrogen (secondary N) is 1. The minimum absolute atomic E-state index is 0.0191. The summed E-state index contributed by atoms with van der Waals surface area (Å²) in [6, 6.07) is 12.8. The van der Waals surface area contributed by atoms with Crippen molar-refractivity contribution in [3.63, 3.8) is 0 Å². The molecule has 5 rings (SSSR count).